The summed E-state index contributed by atoms with van der Waals surface area (Å²) in [4.78, 5) is 15.4. The molecule has 0 atom stereocenters. The Morgan fingerprint density at radius 1 is 1.00 bits per heavy atom. The van der Waals surface area contributed by atoms with E-state index in [1.807, 2.05) is 25.1 Å². The molecule has 3 aromatic rings. The number of hydrogen-bond acceptors (Lipinski definition) is 3. The number of aromatic nitrogens is 3. The molecule has 1 aromatic carbocycles. The Hall–Kier alpha value is -1.78. The number of fused-ring (bicyclic) bond motifs is 1. The Bertz CT molecular complexity index is 942. The monoisotopic (exact) mass is 374 g/mol. The highest BCUT2D eigenvalue weighted by molar-refractivity contribution is 6.42. The quantitative estimate of drug-likeness (QED) is 0.640. The normalized spacial score (nSPS) is 15.1. The van der Waals surface area contributed by atoms with E-state index in [0.29, 0.717) is 10.0 Å². The van der Waals surface area contributed by atoms with E-state index < -0.39 is 0 Å². The van der Waals surface area contributed by atoms with Crippen LogP contribution in [0, 0.1) is 13.8 Å². The van der Waals surface area contributed by atoms with Crippen molar-refractivity contribution in [3.05, 3.63) is 39.6 Å². The van der Waals surface area contributed by atoms with Crippen molar-refractivity contribution in [1.29, 1.82) is 0 Å². The van der Waals surface area contributed by atoms with Crippen LogP contribution in [0.5, 0.6) is 0 Å². The van der Waals surface area contributed by atoms with Crippen molar-refractivity contribution < 1.29 is 0 Å². The van der Waals surface area contributed by atoms with Gasteiger partial charge in [0.1, 0.15) is 11.3 Å². The van der Waals surface area contributed by atoms with Gasteiger partial charge in [0, 0.05) is 18.7 Å². The van der Waals surface area contributed by atoms with Gasteiger partial charge >= 0.3 is 0 Å². The zero-order chi connectivity index (χ0) is 17.6. The van der Waals surface area contributed by atoms with E-state index in [0.717, 1.165) is 52.6 Å². The van der Waals surface area contributed by atoms with E-state index >= 15 is 0 Å². The summed E-state index contributed by atoms with van der Waals surface area (Å²) in [5.74, 6) is 1.81. The minimum Gasteiger partial charge on any atom is -0.355 e. The van der Waals surface area contributed by atoms with Crippen molar-refractivity contribution in [2.45, 2.75) is 33.1 Å². The standard InChI is InChI=1S/C19H20Cl2N4/c1-11-16(13-6-7-14(20)15(21)10-13)24-18-17(11)22-12(2)23-19(18)25-8-4-3-5-9-25/h6-7,10,24H,3-5,8-9H2,1-2H3. The molecule has 0 bridgehead atoms. The second kappa shape index (κ2) is 6.50. The summed E-state index contributed by atoms with van der Waals surface area (Å²) in [6.07, 6.45) is 3.72. The first kappa shape index (κ1) is 16.7. The molecule has 4 rings (SSSR count). The number of benzene rings is 1. The van der Waals surface area contributed by atoms with E-state index in [-0.39, 0.29) is 0 Å². The number of H-pyrrole nitrogens is 1. The van der Waals surface area contributed by atoms with Crippen LogP contribution in [0.2, 0.25) is 10.0 Å². The maximum absolute atomic E-state index is 6.21. The molecule has 6 heteroatoms. The second-order valence-corrected chi connectivity index (χ2v) is 7.43. The number of anilines is 1. The third-order valence-corrected chi connectivity index (χ3v) is 5.58. The summed E-state index contributed by atoms with van der Waals surface area (Å²) in [7, 11) is 0. The van der Waals surface area contributed by atoms with Gasteiger partial charge in [-0.05, 0) is 50.8 Å². The van der Waals surface area contributed by atoms with Crippen LogP contribution < -0.4 is 4.90 Å². The zero-order valence-corrected chi connectivity index (χ0v) is 15.9. The minimum atomic E-state index is 0.552. The average Bonchev–Trinajstić information content (AvgIpc) is 2.94. The molecule has 2 aromatic heterocycles. The van der Waals surface area contributed by atoms with Crippen LogP contribution in [0.4, 0.5) is 5.82 Å². The fourth-order valence-corrected chi connectivity index (χ4v) is 3.85. The van der Waals surface area contributed by atoms with Crippen molar-refractivity contribution in [1.82, 2.24) is 15.0 Å². The number of rotatable bonds is 2. The van der Waals surface area contributed by atoms with Crippen LogP contribution >= 0.6 is 23.2 Å². The van der Waals surface area contributed by atoms with Crippen molar-refractivity contribution in [2.75, 3.05) is 18.0 Å². The summed E-state index contributed by atoms with van der Waals surface area (Å²) in [6.45, 7) is 6.14. The first-order valence-electron chi connectivity index (χ1n) is 8.62. The first-order valence-corrected chi connectivity index (χ1v) is 9.37. The Balaban J connectivity index is 1.90. The Morgan fingerprint density at radius 3 is 2.48 bits per heavy atom. The lowest BCUT2D eigenvalue weighted by molar-refractivity contribution is 0.574. The molecule has 1 N–H and O–H groups in total. The van der Waals surface area contributed by atoms with E-state index in [1.54, 1.807) is 0 Å². The molecule has 0 amide bonds. The fourth-order valence-electron chi connectivity index (χ4n) is 3.56. The van der Waals surface area contributed by atoms with Gasteiger partial charge in [0.25, 0.3) is 0 Å². The van der Waals surface area contributed by atoms with Gasteiger partial charge in [-0.1, -0.05) is 29.3 Å². The molecule has 1 aliphatic heterocycles. The Morgan fingerprint density at radius 2 is 1.76 bits per heavy atom. The van der Waals surface area contributed by atoms with Gasteiger partial charge in [0.2, 0.25) is 0 Å². The van der Waals surface area contributed by atoms with Gasteiger partial charge in [-0.2, -0.15) is 0 Å². The van der Waals surface area contributed by atoms with Gasteiger partial charge in [-0.25, -0.2) is 9.97 Å². The van der Waals surface area contributed by atoms with Crippen molar-refractivity contribution >= 4 is 40.1 Å². The van der Waals surface area contributed by atoms with Crippen molar-refractivity contribution in [2.24, 2.45) is 0 Å². The lowest BCUT2D eigenvalue weighted by Gasteiger charge is -2.28. The molecule has 25 heavy (non-hydrogen) atoms. The summed E-state index contributed by atoms with van der Waals surface area (Å²) >= 11 is 12.3. The summed E-state index contributed by atoms with van der Waals surface area (Å²) in [5, 5.41) is 1.11. The van der Waals surface area contributed by atoms with Crippen LogP contribution in [0.1, 0.15) is 30.7 Å². The number of aryl methyl sites for hydroxylation is 2. The molecule has 1 aliphatic rings. The smallest absolute Gasteiger partial charge is 0.156 e. The Labute approximate surface area is 157 Å². The molecule has 1 saturated heterocycles. The van der Waals surface area contributed by atoms with Gasteiger partial charge in [-0.15, -0.1) is 0 Å². The lowest BCUT2D eigenvalue weighted by Crippen LogP contribution is -2.30. The van der Waals surface area contributed by atoms with Crippen LogP contribution in [0.25, 0.3) is 22.3 Å². The summed E-state index contributed by atoms with van der Waals surface area (Å²) in [5.41, 5.74) is 5.12. The molecule has 4 nitrogen and oxygen atoms in total. The highest BCUT2D eigenvalue weighted by atomic mass is 35.5. The van der Waals surface area contributed by atoms with E-state index in [1.165, 1.54) is 19.3 Å². The zero-order valence-electron chi connectivity index (χ0n) is 14.4. The second-order valence-electron chi connectivity index (χ2n) is 6.62. The fraction of sp³-hybridized carbons (Fsp3) is 0.368. The Kier molecular flexibility index (Phi) is 4.34. The number of nitrogens with zero attached hydrogens (tertiary/aromatic N) is 3. The third kappa shape index (κ3) is 2.98. The van der Waals surface area contributed by atoms with Crippen molar-refractivity contribution in [3.8, 4) is 11.3 Å². The minimum absolute atomic E-state index is 0.552. The highest BCUT2D eigenvalue weighted by Gasteiger charge is 2.21. The number of hydrogen-bond donors (Lipinski definition) is 1. The topological polar surface area (TPSA) is 44.8 Å². The first-order chi connectivity index (χ1) is 12.0. The maximum Gasteiger partial charge on any atom is 0.156 e. The number of piperidine rings is 1. The molecule has 130 valence electrons. The largest absolute Gasteiger partial charge is 0.355 e. The molecule has 0 radical (unpaired) electrons. The van der Waals surface area contributed by atoms with E-state index in [9.17, 15) is 0 Å². The van der Waals surface area contributed by atoms with Gasteiger partial charge < -0.3 is 9.88 Å². The van der Waals surface area contributed by atoms with Gasteiger partial charge in [0.05, 0.1) is 21.3 Å². The molecular weight excluding hydrogens is 355 g/mol. The van der Waals surface area contributed by atoms with Crippen LogP contribution in [0.15, 0.2) is 18.2 Å². The SMILES string of the molecule is Cc1nc(N2CCCCC2)c2[nH]c(-c3ccc(Cl)c(Cl)c3)c(C)c2n1. The molecule has 3 heterocycles. The molecule has 1 fully saturated rings. The lowest BCUT2D eigenvalue weighted by atomic mass is 10.1. The van der Waals surface area contributed by atoms with E-state index in [2.05, 4.69) is 21.8 Å². The summed E-state index contributed by atoms with van der Waals surface area (Å²) < 4.78 is 0. The van der Waals surface area contributed by atoms with E-state index in [4.69, 9.17) is 28.2 Å². The van der Waals surface area contributed by atoms with Crippen LogP contribution in [-0.4, -0.2) is 28.0 Å². The molecule has 0 saturated carbocycles. The number of halogens is 2. The highest BCUT2D eigenvalue weighted by Crippen LogP contribution is 2.35. The number of nitrogens with one attached hydrogen (secondary N) is 1. The average molecular weight is 375 g/mol. The van der Waals surface area contributed by atoms with Crippen molar-refractivity contribution in [3.63, 3.8) is 0 Å². The summed E-state index contributed by atoms with van der Waals surface area (Å²) in [6, 6.07) is 5.70. The molecular formula is C19H20Cl2N4. The predicted octanol–water partition coefficient (Wildman–Crippen LogP) is 5.54. The number of aromatic amines is 1. The third-order valence-electron chi connectivity index (χ3n) is 4.85. The van der Waals surface area contributed by atoms with Crippen LogP contribution in [-0.2, 0) is 0 Å². The predicted molar refractivity (Wildman–Crippen MR) is 105 cm³/mol. The molecule has 0 unspecified atom stereocenters. The molecule has 0 aliphatic carbocycles. The van der Waals surface area contributed by atoms with Gasteiger partial charge in [-0.3, -0.25) is 0 Å². The van der Waals surface area contributed by atoms with Gasteiger partial charge in [0.15, 0.2) is 5.82 Å². The van der Waals surface area contributed by atoms with Crippen LogP contribution in [0.3, 0.4) is 0 Å². The molecule has 0 spiro atoms. The maximum atomic E-state index is 6.21.